The lowest BCUT2D eigenvalue weighted by atomic mass is 9.89. The summed E-state index contributed by atoms with van der Waals surface area (Å²) in [6, 6.07) is 3.54. The molecule has 0 aromatic heterocycles. The van der Waals surface area contributed by atoms with Crippen LogP contribution in [0.5, 0.6) is 0 Å². The van der Waals surface area contributed by atoms with Gasteiger partial charge in [-0.25, -0.2) is 0 Å². The summed E-state index contributed by atoms with van der Waals surface area (Å²) >= 11 is 12.0. The van der Waals surface area contributed by atoms with Crippen LogP contribution >= 0.6 is 23.2 Å². The topological polar surface area (TPSA) is 20.2 Å². The molecule has 0 fully saturated rings. The van der Waals surface area contributed by atoms with Crippen molar-refractivity contribution in [1.82, 2.24) is 0 Å². The van der Waals surface area contributed by atoms with Crippen molar-refractivity contribution in [3.05, 3.63) is 33.3 Å². The summed E-state index contributed by atoms with van der Waals surface area (Å²) < 4.78 is 0. The molecular weight excluding hydrogens is 207 g/mol. The molecule has 0 heterocycles. The van der Waals surface area contributed by atoms with Gasteiger partial charge in [-0.3, -0.25) is 0 Å². The van der Waals surface area contributed by atoms with Crippen molar-refractivity contribution >= 4 is 23.2 Å². The van der Waals surface area contributed by atoms with Gasteiger partial charge in [0.1, 0.15) is 0 Å². The maximum absolute atomic E-state index is 9.72. The number of fused-ring (bicyclic) bond motifs is 1. The van der Waals surface area contributed by atoms with Gasteiger partial charge in [0.15, 0.2) is 0 Å². The Balaban J connectivity index is 2.60. The normalized spacial score (nSPS) is 21.3. The zero-order valence-corrected chi connectivity index (χ0v) is 8.57. The zero-order chi connectivity index (χ0) is 9.42. The molecule has 0 radical (unpaired) electrons. The molecule has 1 aliphatic carbocycles. The smallest absolute Gasteiger partial charge is 0.0807 e. The van der Waals surface area contributed by atoms with Crippen molar-refractivity contribution in [3.8, 4) is 0 Å². The second-order valence-corrected chi connectivity index (χ2v) is 4.14. The number of aliphatic hydroxyl groups is 1. The summed E-state index contributed by atoms with van der Waals surface area (Å²) in [5.41, 5.74) is 1.85. The minimum Gasteiger partial charge on any atom is -0.388 e. The van der Waals surface area contributed by atoms with E-state index >= 15 is 0 Å². The van der Waals surface area contributed by atoms with Crippen LogP contribution < -0.4 is 0 Å². The third-order valence-electron chi connectivity index (χ3n) is 2.48. The Bertz CT molecular complexity index is 336. The number of benzene rings is 1. The van der Waals surface area contributed by atoms with Crippen LogP contribution in [0, 0.1) is 0 Å². The number of halogens is 2. The van der Waals surface area contributed by atoms with E-state index in [4.69, 9.17) is 23.2 Å². The monoisotopic (exact) mass is 216 g/mol. The molecule has 0 unspecified atom stereocenters. The van der Waals surface area contributed by atoms with Crippen LogP contribution in [0.4, 0.5) is 0 Å². The van der Waals surface area contributed by atoms with Crippen molar-refractivity contribution in [1.29, 1.82) is 0 Å². The average molecular weight is 217 g/mol. The molecule has 3 heteroatoms. The minimum atomic E-state index is -0.435. The van der Waals surface area contributed by atoms with Crippen LogP contribution in [-0.2, 0) is 6.42 Å². The Kier molecular flexibility index (Phi) is 2.50. The van der Waals surface area contributed by atoms with E-state index in [1.54, 1.807) is 12.1 Å². The summed E-state index contributed by atoms with van der Waals surface area (Å²) in [5.74, 6) is 0. The summed E-state index contributed by atoms with van der Waals surface area (Å²) in [7, 11) is 0. The molecule has 70 valence electrons. The number of hydrogen-bond donors (Lipinski definition) is 1. The lowest BCUT2D eigenvalue weighted by Gasteiger charge is -2.23. The highest BCUT2D eigenvalue weighted by atomic mass is 35.5. The van der Waals surface area contributed by atoms with Gasteiger partial charge in [0.2, 0.25) is 0 Å². The van der Waals surface area contributed by atoms with Crippen molar-refractivity contribution in [2.75, 3.05) is 0 Å². The largest absolute Gasteiger partial charge is 0.388 e. The van der Waals surface area contributed by atoms with E-state index in [-0.39, 0.29) is 0 Å². The van der Waals surface area contributed by atoms with Crippen LogP contribution in [-0.4, -0.2) is 5.11 Å². The van der Waals surface area contributed by atoms with Gasteiger partial charge in [-0.05, 0) is 37.0 Å². The Hall–Kier alpha value is -0.240. The average Bonchev–Trinajstić information content (AvgIpc) is 2.12. The van der Waals surface area contributed by atoms with Crippen molar-refractivity contribution in [3.63, 3.8) is 0 Å². The highest BCUT2D eigenvalue weighted by Crippen LogP contribution is 2.38. The lowest BCUT2D eigenvalue weighted by Crippen LogP contribution is -2.10. The molecule has 1 N–H and O–H groups in total. The van der Waals surface area contributed by atoms with Gasteiger partial charge in [0.25, 0.3) is 0 Å². The maximum atomic E-state index is 9.72. The van der Waals surface area contributed by atoms with Crippen molar-refractivity contribution in [2.24, 2.45) is 0 Å². The minimum absolute atomic E-state index is 0.435. The molecule has 0 aliphatic heterocycles. The molecule has 1 atom stereocenters. The first-order valence-corrected chi connectivity index (χ1v) is 5.10. The van der Waals surface area contributed by atoms with Gasteiger partial charge >= 0.3 is 0 Å². The van der Waals surface area contributed by atoms with Crippen LogP contribution in [0.1, 0.15) is 30.1 Å². The summed E-state index contributed by atoms with van der Waals surface area (Å²) in [6.07, 6.45) is 2.25. The summed E-state index contributed by atoms with van der Waals surface area (Å²) in [4.78, 5) is 0. The predicted molar refractivity (Wildman–Crippen MR) is 54.4 cm³/mol. The SMILES string of the molecule is O[C@H]1CCCc2c(Cl)ccc(Cl)c21. The van der Waals surface area contributed by atoms with Gasteiger partial charge in [-0.1, -0.05) is 23.2 Å². The third kappa shape index (κ3) is 1.56. The van der Waals surface area contributed by atoms with E-state index in [1.807, 2.05) is 0 Å². The van der Waals surface area contributed by atoms with E-state index in [2.05, 4.69) is 0 Å². The number of hydrogen-bond acceptors (Lipinski definition) is 1. The molecule has 0 spiro atoms. The van der Waals surface area contributed by atoms with Gasteiger partial charge in [-0.2, -0.15) is 0 Å². The quantitative estimate of drug-likeness (QED) is 0.706. The van der Waals surface area contributed by atoms with Gasteiger partial charge in [0.05, 0.1) is 6.10 Å². The Morgan fingerprint density at radius 2 is 1.92 bits per heavy atom. The van der Waals surface area contributed by atoms with Crippen LogP contribution in [0.25, 0.3) is 0 Å². The van der Waals surface area contributed by atoms with E-state index in [0.29, 0.717) is 5.02 Å². The molecule has 0 amide bonds. The second-order valence-electron chi connectivity index (χ2n) is 3.33. The zero-order valence-electron chi connectivity index (χ0n) is 7.06. The first-order valence-electron chi connectivity index (χ1n) is 4.35. The van der Waals surface area contributed by atoms with Gasteiger partial charge < -0.3 is 5.11 Å². The summed E-state index contributed by atoms with van der Waals surface area (Å²) in [6.45, 7) is 0. The Morgan fingerprint density at radius 1 is 1.23 bits per heavy atom. The van der Waals surface area contributed by atoms with Crippen LogP contribution in [0.2, 0.25) is 10.0 Å². The highest BCUT2D eigenvalue weighted by molar-refractivity contribution is 6.34. The van der Waals surface area contributed by atoms with E-state index in [9.17, 15) is 5.11 Å². The molecule has 1 aliphatic rings. The summed E-state index contributed by atoms with van der Waals surface area (Å²) in [5, 5.41) is 11.1. The van der Waals surface area contributed by atoms with Crippen molar-refractivity contribution < 1.29 is 5.11 Å². The fraction of sp³-hybridized carbons (Fsp3) is 0.400. The molecule has 1 nitrogen and oxygen atoms in total. The van der Waals surface area contributed by atoms with E-state index in [1.165, 1.54) is 0 Å². The first kappa shape index (κ1) is 9.32. The fourth-order valence-electron chi connectivity index (χ4n) is 1.84. The number of aliphatic hydroxyl groups excluding tert-OH is 1. The second kappa shape index (κ2) is 3.49. The first-order chi connectivity index (χ1) is 6.20. The van der Waals surface area contributed by atoms with Gasteiger partial charge in [0, 0.05) is 15.6 Å². The molecule has 2 rings (SSSR count). The highest BCUT2D eigenvalue weighted by Gasteiger charge is 2.22. The fourth-order valence-corrected chi connectivity index (χ4v) is 2.40. The molecule has 1 aromatic rings. The maximum Gasteiger partial charge on any atom is 0.0807 e. The van der Waals surface area contributed by atoms with Crippen LogP contribution in [0.3, 0.4) is 0 Å². The third-order valence-corrected chi connectivity index (χ3v) is 3.17. The molecular formula is C10H10Cl2O. The Morgan fingerprint density at radius 3 is 2.62 bits per heavy atom. The molecule has 0 bridgehead atoms. The molecule has 0 saturated heterocycles. The van der Waals surface area contributed by atoms with Crippen molar-refractivity contribution in [2.45, 2.75) is 25.4 Å². The van der Waals surface area contributed by atoms with E-state index < -0.39 is 6.10 Å². The van der Waals surface area contributed by atoms with Gasteiger partial charge in [-0.15, -0.1) is 0 Å². The van der Waals surface area contributed by atoms with Crippen LogP contribution in [0.15, 0.2) is 12.1 Å². The molecule has 0 saturated carbocycles. The molecule has 1 aromatic carbocycles. The lowest BCUT2D eigenvalue weighted by molar-refractivity contribution is 0.156. The number of rotatable bonds is 0. The van der Waals surface area contributed by atoms with E-state index in [0.717, 1.165) is 35.4 Å². The Labute approximate surface area is 87.3 Å². The standard InChI is InChI=1S/C10H10Cl2O/c11-7-4-5-8(12)10-6(7)2-1-3-9(10)13/h4-5,9,13H,1-3H2/t9-/m0/s1. The molecule has 13 heavy (non-hydrogen) atoms. The predicted octanol–water partition coefficient (Wildman–Crippen LogP) is 3.36.